The third kappa shape index (κ3) is 4.13. The maximum absolute atomic E-state index is 13.4. The zero-order valence-corrected chi connectivity index (χ0v) is 15.9. The lowest BCUT2D eigenvalue weighted by Gasteiger charge is -2.39. The third-order valence-corrected chi connectivity index (χ3v) is 5.43. The highest BCUT2D eigenvalue weighted by atomic mass is 19.1. The Morgan fingerprint density at radius 3 is 1.86 bits per heavy atom. The first-order valence-electron chi connectivity index (χ1n) is 9.54. The molecule has 28 heavy (non-hydrogen) atoms. The van der Waals surface area contributed by atoms with Gasteiger partial charge in [-0.15, -0.1) is 0 Å². The highest BCUT2D eigenvalue weighted by Crippen LogP contribution is 2.30. The number of piperazine rings is 1. The van der Waals surface area contributed by atoms with E-state index in [1.807, 2.05) is 48.3 Å². The molecule has 0 saturated carbocycles. The lowest BCUT2D eigenvalue weighted by molar-refractivity contribution is 0.102. The van der Waals surface area contributed by atoms with Gasteiger partial charge < -0.3 is 4.57 Å². The molecule has 0 atom stereocenters. The quantitative estimate of drug-likeness (QED) is 0.674. The van der Waals surface area contributed by atoms with Gasteiger partial charge in [0, 0.05) is 45.6 Å². The zero-order chi connectivity index (χ0) is 19.5. The first-order chi connectivity index (χ1) is 13.6. The van der Waals surface area contributed by atoms with Crippen LogP contribution in [0.5, 0.6) is 0 Å². The van der Waals surface area contributed by atoms with Crippen molar-refractivity contribution in [3.8, 4) is 0 Å². The molecule has 1 saturated heterocycles. The van der Waals surface area contributed by atoms with E-state index in [9.17, 15) is 8.78 Å². The molecule has 2 heterocycles. The molecule has 0 bridgehead atoms. The lowest BCUT2D eigenvalue weighted by atomic mass is 9.96. The topological polar surface area (TPSA) is 24.3 Å². The maximum atomic E-state index is 13.4. The van der Waals surface area contributed by atoms with Crippen molar-refractivity contribution in [3.63, 3.8) is 0 Å². The number of aryl methyl sites for hydroxylation is 1. The average Bonchev–Trinajstić information content (AvgIpc) is 3.11. The summed E-state index contributed by atoms with van der Waals surface area (Å²) in [5.41, 5.74) is 2.04. The van der Waals surface area contributed by atoms with Crippen LogP contribution in [0.25, 0.3) is 0 Å². The van der Waals surface area contributed by atoms with Crippen LogP contribution in [0.2, 0.25) is 0 Å². The van der Waals surface area contributed by atoms with Crippen LogP contribution in [0.1, 0.15) is 23.0 Å². The number of hydrogen-bond donors (Lipinski definition) is 0. The van der Waals surface area contributed by atoms with Gasteiger partial charge in [0.1, 0.15) is 17.5 Å². The summed E-state index contributed by atoms with van der Waals surface area (Å²) in [6.45, 7) is 4.43. The monoisotopic (exact) mass is 382 g/mol. The summed E-state index contributed by atoms with van der Waals surface area (Å²) in [6.07, 6.45) is 3.79. The smallest absolute Gasteiger partial charge is 0.123 e. The summed E-state index contributed by atoms with van der Waals surface area (Å²) in [5, 5.41) is 0. The highest BCUT2D eigenvalue weighted by molar-refractivity contribution is 5.32. The second-order valence-corrected chi connectivity index (χ2v) is 7.27. The van der Waals surface area contributed by atoms with Crippen LogP contribution < -0.4 is 0 Å². The molecule has 2 aromatic carbocycles. The van der Waals surface area contributed by atoms with Gasteiger partial charge in [0.2, 0.25) is 0 Å². The molecule has 3 aromatic rings. The summed E-state index contributed by atoms with van der Waals surface area (Å²) in [6, 6.07) is 13.2. The van der Waals surface area contributed by atoms with E-state index >= 15 is 0 Å². The predicted molar refractivity (Wildman–Crippen MR) is 105 cm³/mol. The van der Waals surface area contributed by atoms with Gasteiger partial charge in [0.05, 0.1) is 12.6 Å². The molecule has 0 unspecified atom stereocenters. The highest BCUT2D eigenvalue weighted by Gasteiger charge is 2.27. The number of benzene rings is 2. The minimum atomic E-state index is -0.249. The minimum absolute atomic E-state index is 0.0171. The maximum Gasteiger partial charge on any atom is 0.123 e. The number of halogens is 2. The first kappa shape index (κ1) is 18.8. The Morgan fingerprint density at radius 2 is 1.39 bits per heavy atom. The van der Waals surface area contributed by atoms with Gasteiger partial charge in [0.15, 0.2) is 0 Å². The summed E-state index contributed by atoms with van der Waals surface area (Å²) in [4.78, 5) is 9.19. The van der Waals surface area contributed by atoms with Crippen LogP contribution in [0, 0.1) is 11.6 Å². The Morgan fingerprint density at radius 1 is 0.857 bits per heavy atom. The lowest BCUT2D eigenvalue weighted by Crippen LogP contribution is -2.47. The van der Waals surface area contributed by atoms with E-state index in [1.165, 1.54) is 24.3 Å². The van der Waals surface area contributed by atoms with Crippen LogP contribution in [-0.2, 0) is 13.6 Å². The van der Waals surface area contributed by atoms with Gasteiger partial charge in [-0.3, -0.25) is 9.80 Å². The SMILES string of the molecule is Cn1ccnc1CN1CCN(C(c2ccc(F)cc2)c2ccc(F)cc2)CC1. The molecular formula is C22H24F2N4. The molecular weight excluding hydrogens is 358 g/mol. The second-order valence-electron chi connectivity index (χ2n) is 7.27. The van der Waals surface area contributed by atoms with E-state index in [0.717, 1.165) is 49.7 Å². The molecule has 0 spiro atoms. The van der Waals surface area contributed by atoms with Gasteiger partial charge >= 0.3 is 0 Å². The van der Waals surface area contributed by atoms with Crippen molar-refractivity contribution in [2.24, 2.45) is 7.05 Å². The molecule has 1 aromatic heterocycles. The fraction of sp³-hybridized carbons (Fsp3) is 0.318. The Hall–Kier alpha value is -2.57. The zero-order valence-electron chi connectivity index (χ0n) is 15.9. The third-order valence-electron chi connectivity index (χ3n) is 5.43. The van der Waals surface area contributed by atoms with E-state index < -0.39 is 0 Å². The molecule has 146 valence electrons. The molecule has 6 heteroatoms. The Labute approximate surface area is 164 Å². The van der Waals surface area contributed by atoms with Crippen LogP contribution in [0.15, 0.2) is 60.9 Å². The molecule has 1 aliphatic heterocycles. The van der Waals surface area contributed by atoms with E-state index in [4.69, 9.17) is 0 Å². The fourth-order valence-corrected chi connectivity index (χ4v) is 3.83. The normalized spacial score (nSPS) is 16.0. The van der Waals surface area contributed by atoms with Gasteiger partial charge in [-0.1, -0.05) is 24.3 Å². The van der Waals surface area contributed by atoms with Crippen LogP contribution in [0.4, 0.5) is 8.78 Å². The Kier molecular flexibility index (Phi) is 5.50. The number of rotatable bonds is 5. The largest absolute Gasteiger partial charge is 0.337 e. The molecule has 1 aliphatic rings. The number of imidazole rings is 1. The fourth-order valence-electron chi connectivity index (χ4n) is 3.83. The average molecular weight is 382 g/mol. The van der Waals surface area contributed by atoms with Crippen molar-refractivity contribution in [3.05, 3.63) is 89.5 Å². The van der Waals surface area contributed by atoms with Crippen LogP contribution in [-0.4, -0.2) is 45.5 Å². The van der Waals surface area contributed by atoms with E-state index in [-0.39, 0.29) is 17.7 Å². The molecule has 0 aliphatic carbocycles. The summed E-state index contributed by atoms with van der Waals surface area (Å²) < 4.78 is 28.9. The summed E-state index contributed by atoms with van der Waals surface area (Å²) in [7, 11) is 2.01. The van der Waals surface area contributed by atoms with E-state index in [0.29, 0.717) is 0 Å². The molecule has 0 amide bonds. The molecule has 4 nitrogen and oxygen atoms in total. The van der Waals surface area contributed by atoms with Gasteiger partial charge in [0.25, 0.3) is 0 Å². The molecule has 1 fully saturated rings. The standard InChI is InChI=1S/C22H24F2N4/c1-26-11-10-25-21(26)16-27-12-14-28(15-13-27)22(17-2-6-19(23)7-3-17)18-4-8-20(24)9-5-18/h2-11,22H,12-16H2,1H3. The summed E-state index contributed by atoms with van der Waals surface area (Å²) >= 11 is 0. The van der Waals surface area contributed by atoms with Crippen LogP contribution in [0.3, 0.4) is 0 Å². The van der Waals surface area contributed by atoms with E-state index in [2.05, 4.69) is 14.8 Å². The van der Waals surface area contributed by atoms with Crippen molar-refractivity contribution >= 4 is 0 Å². The van der Waals surface area contributed by atoms with Crippen molar-refractivity contribution < 1.29 is 8.78 Å². The van der Waals surface area contributed by atoms with Crippen LogP contribution >= 0.6 is 0 Å². The van der Waals surface area contributed by atoms with Crippen molar-refractivity contribution in [2.45, 2.75) is 12.6 Å². The molecule has 0 N–H and O–H groups in total. The van der Waals surface area contributed by atoms with Gasteiger partial charge in [-0.05, 0) is 35.4 Å². The summed E-state index contributed by atoms with van der Waals surface area (Å²) in [5.74, 6) is 0.560. The van der Waals surface area contributed by atoms with E-state index in [1.54, 1.807) is 0 Å². The van der Waals surface area contributed by atoms with Crippen molar-refractivity contribution in [2.75, 3.05) is 26.2 Å². The minimum Gasteiger partial charge on any atom is -0.337 e. The van der Waals surface area contributed by atoms with Gasteiger partial charge in [-0.2, -0.15) is 0 Å². The number of aromatic nitrogens is 2. The Bertz CT molecular complexity index is 852. The van der Waals surface area contributed by atoms with Crippen molar-refractivity contribution in [1.29, 1.82) is 0 Å². The molecule has 0 radical (unpaired) electrons. The predicted octanol–water partition coefficient (Wildman–Crippen LogP) is 3.61. The van der Waals surface area contributed by atoms with Crippen molar-refractivity contribution in [1.82, 2.24) is 19.4 Å². The molecule has 4 rings (SSSR count). The Balaban J connectivity index is 1.52. The van der Waals surface area contributed by atoms with Gasteiger partial charge in [-0.25, -0.2) is 13.8 Å². The second kappa shape index (κ2) is 8.20. The number of hydrogen-bond acceptors (Lipinski definition) is 3. The number of nitrogens with zero attached hydrogens (tertiary/aromatic N) is 4. The first-order valence-corrected chi connectivity index (χ1v) is 9.54.